The van der Waals surface area contributed by atoms with Crippen LogP contribution < -0.4 is 14.8 Å². The lowest BCUT2D eigenvalue weighted by Gasteiger charge is -2.10. The second-order valence-electron chi connectivity index (χ2n) is 6.64. The van der Waals surface area contributed by atoms with Crippen molar-refractivity contribution in [3.63, 3.8) is 0 Å². The molecule has 0 saturated carbocycles. The van der Waals surface area contributed by atoms with E-state index in [1.54, 1.807) is 37.7 Å². The van der Waals surface area contributed by atoms with E-state index in [0.717, 1.165) is 22.7 Å². The van der Waals surface area contributed by atoms with Crippen molar-refractivity contribution in [2.24, 2.45) is 0 Å². The van der Waals surface area contributed by atoms with Crippen LogP contribution in [0, 0.1) is 0 Å². The zero-order chi connectivity index (χ0) is 21.5. The monoisotopic (exact) mass is 432 g/mol. The Morgan fingerprint density at radius 2 is 1.81 bits per heavy atom. The van der Waals surface area contributed by atoms with Crippen LogP contribution in [0.4, 0.5) is 0 Å². The largest absolute Gasteiger partial charge is 0.493 e. The summed E-state index contributed by atoms with van der Waals surface area (Å²) < 4.78 is 15.6. The third kappa shape index (κ3) is 5.43. The van der Waals surface area contributed by atoms with Gasteiger partial charge in [0, 0.05) is 42.5 Å². The fourth-order valence-electron chi connectivity index (χ4n) is 2.91. The predicted octanol–water partition coefficient (Wildman–Crippen LogP) is 4.25. The molecule has 0 aliphatic rings. The van der Waals surface area contributed by atoms with Crippen LogP contribution in [0.15, 0.2) is 73.1 Å². The second-order valence-corrected chi connectivity index (χ2v) is 7.36. The van der Waals surface area contributed by atoms with Crippen LogP contribution in [0.1, 0.15) is 27.3 Å². The number of carbonyl (C=O) groups excluding carboxylic acids is 1. The highest BCUT2D eigenvalue weighted by atomic mass is 32.1. The average Bonchev–Trinajstić information content (AvgIpc) is 3.25. The molecule has 1 amide bonds. The number of carbonyl (C=O) groups is 1. The normalized spacial score (nSPS) is 10.5. The molecule has 0 spiro atoms. The Morgan fingerprint density at radius 1 is 1.00 bits per heavy atom. The molecule has 0 unspecified atom stereocenters. The van der Waals surface area contributed by atoms with E-state index in [-0.39, 0.29) is 5.91 Å². The molecule has 0 radical (unpaired) electrons. The number of benzene rings is 2. The van der Waals surface area contributed by atoms with Gasteiger partial charge in [-0.1, -0.05) is 30.3 Å². The minimum absolute atomic E-state index is 0.216. The second kappa shape index (κ2) is 9.82. The quantitative estimate of drug-likeness (QED) is 0.448. The van der Waals surface area contributed by atoms with Gasteiger partial charge in [-0.25, -0.2) is 0 Å². The van der Waals surface area contributed by atoms with E-state index in [9.17, 15) is 4.79 Å². The lowest BCUT2D eigenvalue weighted by molar-refractivity contribution is 0.0950. The third-order valence-corrected chi connectivity index (χ3v) is 5.11. The van der Waals surface area contributed by atoms with Gasteiger partial charge < -0.3 is 14.8 Å². The highest BCUT2D eigenvalue weighted by Gasteiger charge is 2.14. The van der Waals surface area contributed by atoms with Gasteiger partial charge in [-0.05, 0) is 41.5 Å². The molecule has 1 N–H and O–H groups in total. The molecule has 31 heavy (non-hydrogen) atoms. The van der Waals surface area contributed by atoms with Gasteiger partial charge in [0.2, 0.25) is 0 Å². The van der Waals surface area contributed by atoms with Crippen molar-refractivity contribution in [3.05, 3.63) is 95.6 Å². The highest BCUT2D eigenvalue weighted by Crippen LogP contribution is 2.33. The standard InChI is InChI=1S/C23H20N4O3S/c1-29-19-8-7-18(22(28)25-15-17-9-11-24-12-10-17)14-20(19)30-23-26-21(27-31-23)13-16-5-3-2-4-6-16/h2-12,14H,13,15H2,1H3,(H,25,28). The zero-order valence-electron chi connectivity index (χ0n) is 16.8. The van der Waals surface area contributed by atoms with Crippen molar-refractivity contribution in [2.45, 2.75) is 13.0 Å². The molecule has 0 bridgehead atoms. The molecule has 4 aromatic rings. The molecule has 2 aromatic heterocycles. The molecule has 8 heteroatoms. The number of methoxy groups -OCH3 is 1. The Kier molecular flexibility index (Phi) is 6.49. The van der Waals surface area contributed by atoms with Crippen LogP contribution >= 0.6 is 11.5 Å². The highest BCUT2D eigenvalue weighted by molar-refractivity contribution is 7.07. The number of hydrogen-bond donors (Lipinski definition) is 1. The van der Waals surface area contributed by atoms with Gasteiger partial charge in [0.05, 0.1) is 7.11 Å². The van der Waals surface area contributed by atoms with E-state index >= 15 is 0 Å². The topological polar surface area (TPSA) is 86.2 Å². The molecule has 7 nitrogen and oxygen atoms in total. The molecule has 2 heterocycles. The van der Waals surface area contributed by atoms with Crippen molar-refractivity contribution in [1.82, 2.24) is 19.7 Å². The summed E-state index contributed by atoms with van der Waals surface area (Å²) in [7, 11) is 1.55. The maximum atomic E-state index is 12.6. The van der Waals surface area contributed by atoms with Crippen LogP contribution in [0.5, 0.6) is 16.7 Å². The first-order valence-corrected chi connectivity index (χ1v) is 10.4. The number of amides is 1. The van der Waals surface area contributed by atoms with E-state index in [2.05, 4.69) is 19.7 Å². The smallest absolute Gasteiger partial charge is 0.298 e. The fraction of sp³-hybridized carbons (Fsp3) is 0.130. The van der Waals surface area contributed by atoms with Gasteiger partial charge >= 0.3 is 0 Å². The summed E-state index contributed by atoms with van der Waals surface area (Å²) in [6.07, 6.45) is 4.00. The number of ether oxygens (including phenoxy) is 2. The number of nitrogens with zero attached hydrogens (tertiary/aromatic N) is 3. The molecule has 156 valence electrons. The first-order chi connectivity index (χ1) is 15.2. The number of pyridine rings is 1. The summed E-state index contributed by atoms with van der Waals surface area (Å²) in [5.41, 5.74) is 2.55. The molecule has 0 fully saturated rings. The number of aromatic nitrogens is 3. The minimum Gasteiger partial charge on any atom is -0.493 e. The van der Waals surface area contributed by atoms with Crippen LogP contribution in [-0.2, 0) is 13.0 Å². The van der Waals surface area contributed by atoms with Crippen molar-refractivity contribution in [1.29, 1.82) is 0 Å². The maximum Gasteiger partial charge on any atom is 0.298 e. The molecule has 0 saturated heterocycles. The molecule has 4 rings (SSSR count). The summed E-state index contributed by atoms with van der Waals surface area (Å²) in [5.74, 6) is 1.37. The predicted molar refractivity (Wildman–Crippen MR) is 118 cm³/mol. The molecular formula is C23H20N4O3S. The summed E-state index contributed by atoms with van der Waals surface area (Å²) >= 11 is 1.16. The summed E-state index contributed by atoms with van der Waals surface area (Å²) in [5, 5.41) is 3.27. The van der Waals surface area contributed by atoms with Crippen LogP contribution in [0.2, 0.25) is 0 Å². The molecule has 2 aromatic carbocycles. The van der Waals surface area contributed by atoms with E-state index in [1.165, 1.54) is 0 Å². The first kappa shape index (κ1) is 20.5. The van der Waals surface area contributed by atoms with Crippen LogP contribution in [-0.4, -0.2) is 27.4 Å². The third-order valence-electron chi connectivity index (χ3n) is 4.48. The van der Waals surface area contributed by atoms with Gasteiger partial charge in [0.15, 0.2) is 17.3 Å². The Hall–Kier alpha value is -3.78. The van der Waals surface area contributed by atoms with E-state index in [1.807, 2.05) is 42.5 Å². The number of rotatable bonds is 8. The molecule has 0 aliphatic heterocycles. The molecular weight excluding hydrogens is 412 g/mol. The van der Waals surface area contributed by atoms with Crippen molar-refractivity contribution in [3.8, 4) is 16.7 Å². The average molecular weight is 433 g/mol. The van der Waals surface area contributed by atoms with Crippen molar-refractivity contribution >= 4 is 17.4 Å². The number of hydrogen-bond acceptors (Lipinski definition) is 7. The fourth-order valence-corrected chi connectivity index (χ4v) is 3.47. The minimum atomic E-state index is -0.216. The SMILES string of the molecule is COc1ccc(C(=O)NCc2ccncc2)cc1Oc1nc(Cc2ccccc2)ns1. The van der Waals surface area contributed by atoms with Gasteiger partial charge in [0.25, 0.3) is 11.1 Å². The van der Waals surface area contributed by atoms with Gasteiger partial charge in [0.1, 0.15) is 0 Å². The Bertz CT molecular complexity index is 1150. The van der Waals surface area contributed by atoms with Gasteiger partial charge in [-0.3, -0.25) is 9.78 Å². The summed E-state index contributed by atoms with van der Waals surface area (Å²) in [6.45, 7) is 0.406. The lowest BCUT2D eigenvalue weighted by atomic mass is 10.1. The Labute approximate surface area is 183 Å². The first-order valence-electron chi connectivity index (χ1n) is 9.61. The molecule has 0 aliphatic carbocycles. The van der Waals surface area contributed by atoms with Crippen molar-refractivity contribution < 1.29 is 14.3 Å². The van der Waals surface area contributed by atoms with Gasteiger partial charge in [-0.2, -0.15) is 9.36 Å². The maximum absolute atomic E-state index is 12.6. The molecule has 0 atom stereocenters. The summed E-state index contributed by atoms with van der Waals surface area (Å²) in [4.78, 5) is 21.0. The summed E-state index contributed by atoms with van der Waals surface area (Å²) in [6, 6.07) is 18.7. The number of nitrogens with one attached hydrogen (secondary N) is 1. The van der Waals surface area contributed by atoms with Crippen molar-refractivity contribution in [2.75, 3.05) is 7.11 Å². The van der Waals surface area contributed by atoms with Crippen LogP contribution in [0.25, 0.3) is 0 Å². The Balaban J connectivity index is 1.46. The lowest BCUT2D eigenvalue weighted by Crippen LogP contribution is -2.22. The van der Waals surface area contributed by atoms with E-state index in [0.29, 0.717) is 41.0 Å². The van der Waals surface area contributed by atoms with E-state index < -0.39 is 0 Å². The van der Waals surface area contributed by atoms with Crippen LogP contribution in [0.3, 0.4) is 0 Å². The Morgan fingerprint density at radius 3 is 2.58 bits per heavy atom. The zero-order valence-corrected chi connectivity index (χ0v) is 17.6. The van der Waals surface area contributed by atoms with E-state index in [4.69, 9.17) is 9.47 Å². The van der Waals surface area contributed by atoms with Gasteiger partial charge in [-0.15, -0.1) is 0 Å².